The molecule has 0 aromatic carbocycles. The van der Waals surface area contributed by atoms with Gasteiger partial charge in [-0.1, -0.05) is 0 Å². The second kappa shape index (κ2) is 2.62. The van der Waals surface area contributed by atoms with Gasteiger partial charge in [0.05, 0.1) is 0 Å². The summed E-state index contributed by atoms with van der Waals surface area (Å²) in [6, 6.07) is 0. The van der Waals surface area contributed by atoms with Crippen molar-refractivity contribution in [2.75, 3.05) is 0 Å². The molecule has 0 atom stereocenters. The third-order valence-corrected chi connectivity index (χ3v) is 0.551. The molecule has 0 rings (SSSR count). The SMILES string of the molecule is N=C(N)NOS(=O)(=O)O. The van der Waals surface area contributed by atoms with Crippen molar-refractivity contribution in [2.24, 2.45) is 5.73 Å². The summed E-state index contributed by atoms with van der Waals surface area (Å²) >= 11 is 0. The van der Waals surface area contributed by atoms with Crippen LogP contribution in [0.5, 0.6) is 0 Å². The van der Waals surface area contributed by atoms with Crippen molar-refractivity contribution < 1.29 is 17.3 Å². The van der Waals surface area contributed by atoms with E-state index in [1.54, 1.807) is 0 Å². The fourth-order valence-corrected chi connectivity index (χ4v) is 0.293. The Kier molecular flexibility index (Phi) is 2.37. The lowest BCUT2D eigenvalue weighted by Crippen LogP contribution is -2.32. The van der Waals surface area contributed by atoms with Crippen molar-refractivity contribution in [3.05, 3.63) is 0 Å². The van der Waals surface area contributed by atoms with Crippen LogP contribution in [-0.4, -0.2) is 18.9 Å². The molecular formula is CH5N3O4S. The summed E-state index contributed by atoms with van der Waals surface area (Å²) in [5.74, 6) is -0.715. The van der Waals surface area contributed by atoms with E-state index >= 15 is 0 Å². The minimum absolute atomic E-state index is 0.715. The molecule has 0 aromatic rings. The molecular weight excluding hydrogens is 150 g/mol. The Morgan fingerprint density at radius 1 is 1.78 bits per heavy atom. The van der Waals surface area contributed by atoms with Gasteiger partial charge in [-0.05, 0) is 0 Å². The summed E-state index contributed by atoms with van der Waals surface area (Å²) in [5.41, 5.74) is 5.98. The van der Waals surface area contributed by atoms with Crippen LogP contribution in [0.4, 0.5) is 0 Å². The van der Waals surface area contributed by atoms with E-state index in [1.807, 2.05) is 0 Å². The Morgan fingerprint density at radius 2 is 2.22 bits per heavy atom. The number of nitrogens with one attached hydrogen (secondary N) is 2. The van der Waals surface area contributed by atoms with Crippen LogP contribution in [-0.2, 0) is 14.7 Å². The van der Waals surface area contributed by atoms with Gasteiger partial charge in [-0.15, -0.1) is 4.28 Å². The Balaban J connectivity index is 3.67. The molecule has 0 bridgehead atoms. The van der Waals surface area contributed by atoms with Gasteiger partial charge in [0.25, 0.3) is 0 Å². The van der Waals surface area contributed by atoms with Crippen molar-refractivity contribution in [3.63, 3.8) is 0 Å². The van der Waals surface area contributed by atoms with Gasteiger partial charge >= 0.3 is 10.4 Å². The predicted molar refractivity (Wildman–Crippen MR) is 27.7 cm³/mol. The van der Waals surface area contributed by atoms with E-state index in [-0.39, 0.29) is 0 Å². The van der Waals surface area contributed by atoms with E-state index in [0.29, 0.717) is 0 Å². The second-order valence-corrected chi connectivity index (χ2v) is 2.05. The van der Waals surface area contributed by atoms with Crippen molar-refractivity contribution >= 4 is 16.4 Å². The molecule has 5 N–H and O–H groups in total. The highest BCUT2D eigenvalue weighted by molar-refractivity contribution is 7.80. The molecule has 0 aromatic heterocycles. The number of nitrogens with two attached hydrogens (primary N) is 1. The molecule has 54 valence electrons. The highest BCUT2D eigenvalue weighted by Crippen LogP contribution is 1.76. The Labute approximate surface area is 51.2 Å². The summed E-state index contributed by atoms with van der Waals surface area (Å²) in [7, 11) is -4.55. The predicted octanol–water partition coefficient (Wildman–Crippen LogP) is -1.80. The van der Waals surface area contributed by atoms with Crippen LogP contribution in [0.3, 0.4) is 0 Å². The van der Waals surface area contributed by atoms with Crippen LogP contribution in [0, 0.1) is 5.41 Å². The molecule has 0 saturated carbocycles. The molecule has 0 unspecified atom stereocenters. The van der Waals surface area contributed by atoms with Crippen molar-refractivity contribution in [2.45, 2.75) is 0 Å². The average molecular weight is 155 g/mol. The Bertz CT molecular complexity index is 194. The first-order valence-corrected chi connectivity index (χ1v) is 3.04. The van der Waals surface area contributed by atoms with Crippen molar-refractivity contribution in [3.8, 4) is 0 Å². The molecule has 0 aliphatic heterocycles. The molecule has 0 heterocycles. The minimum Gasteiger partial charge on any atom is -0.368 e. The van der Waals surface area contributed by atoms with Gasteiger partial charge in [0.2, 0.25) is 5.96 Å². The van der Waals surface area contributed by atoms with Crippen LogP contribution in [0.2, 0.25) is 0 Å². The first-order chi connectivity index (χ1) is 3.92. The van der Waals surface area contributed by atoms with Gasteiger partial charge < -0.3 is 5.73 Å². The highest BCUT2D eigenvalue weighted by Gasteiger charge is 2.02. The van der Waals surface area contributed by atoms with E-state index in [1.165, 1.54) is 5.48 Å². The van der Waals surface area contributed by atoms with Crippen molar-refractivity contribution in [1.29, 1.82) is 5.41 Å². The molecule has 9 heavy (non-hydrogen) atoms. The molecule has 0 saturated heterocycles. The summed E-state index contributed by atoms with van der Waals surface area (Å²) in [4.78, 5) is 0. The molecule has 0 spiro atoms. The fourth-order valence-electron chi connectivity index (χ4n) is 0.0975. The highest BCUT2D eigenvalue weighted by atomic mass is 32.3. The lowest BCUT2D eigenvalue weighted by atomic mass is 11.1. The number of hydroxylamine groups is 1. The molecule has 0 aliphatic carbocycles. The molecule has 0 aliphatic rings. The maximum absolute atomic E-state index is 9.65. The topological polar surface area (TPSA) is 126 Å². The van der Waals surface area contributed by atoms with Gasteiger partial charge in [-0.2, -0.15) is 8.42 Å². The third kappa shape index (κ3) is 7.14. The van der Waals surface area contributed by atoms with Gasteiger partial charge in [0, 0.05) is 0 Å². The van der Waals surface area contributed by atoms with E-state index < -0.39 is 16.4 Å². The van der Waals surface area contributed by atoms with E-state index in [4.69, 9.17) is 9.96 Å². The van der Waals surface area contributed by atoms with E-state index in [0.717, 1.165) is 0 Å². The molecule has 0 radical (unpaired) electrons. The summed E-state index contributed by atoms with van der Waals surface area (Å²) in [6.45, 7) is 0. The van der Waals surface area contributed by atoms with Crippen LogP contribution < -0.4 is 11.2 Å². The zero-order chi connectivity index (χ0) is 7.49. The third-order valence-electron chi connectivity index (χ3n) is 0.257. The van der Waals surface area contributed by atoms with E-state index in [2.05, 4.69) is 10.0 Å². The van der Waals surface area contributed by atoms with E-state index in [9.17, 15) is 8.42 Å². The zero-order valence-electron chi connectivity index (χ0n) is 4.16. The maximum atomic E-state index is 9.65. The van der Waals surface area contributed by atoms with Gasteiger partial charge in [-0.25, -0.2) is 5.48 Å². The van der Waals surface area contributed by atoms with Gasteiger partial charge in [0.1, 0.15) is 0 Å². The lowest BCUT2D eigenvalue weighted by Gasteiger charge is -1.97. The monoisotopic (exact) mass is 155 g/mol. The summed E-state index contributed by atoms with van der Waals surface area (Å²) in [6.07, 6.45) is 0. The minimum atomic E-state index is -4.55. The number of guanidine groups is 1. The quantitative estimate of drug-likeness (QED) is 0.161. The fraction of sp³-hybridized carbons (Fsp3) is 0. The standard InChI is InChI=1S/CH5N3O4S/c2-1(3)4-8-9(5,6)7/h(H4,2,3,4)(H,5,6,7). The molecule has 8 heteroatoms. The first kappa shape index (κ1) is 8.14. The average Bonchev–Trinajstić information content (AvgIpc) is 1.59. The number of hydrogen-bond acceptors (Lipinski definition) is 4. The molecule has 0 amide bonds. The lowest BCUT2D eigenvalue weighted by molar-refractivity contribution is 0.225. The van der Waals surface area contributed by atoms with Crippen LogP contribution >= 0.6 is 0 Å². The smallest absolute Gasteiger partial charge is 0.368 e. The zero-order valence-corrected chi connectivity index (χ0v) is 4.97. The summed E-state index contributed by atoms with van der Waals surface area (Å²) < 4.78 is 30.5. The molecule has 7 nitrogen and oxygen atoms in total. The number of rotatable bonds is 2. The normalized spacial score (nSPS) is 10.8. The molecule has 0 fully saturated rings. The van der Waals surface area contributed by atoms with Crippen molar-refractivity contribution in [1.82, 2.24) is 5.48 Å². The summed E-state index contributed by atoms with van der Waals surface area (Å²) in [5, 5.41) is 6.34. The van der Waals surface area contributed by atoms with Crippen LogP contribution in [0.1, 0.15) is 0 Å². The van der Waals surface area contributed by atoms with Crippen LogP contribution in [0.15, 0.2) is 0 Å². The Morgan fingerprint density at radius 3 is 2.33 bits per heavy atom. The Hall–Kier alpha value is -0.860. The number of hydrogen-bond donors (Lipinski definition) is 4. The van der Waals surface area contributed by atoms with Crippen LogP contribution in [0.25, 0.3) is 0 Å². The second-order valence-electron chi connectivity index (χ2n) is 1.03. The maximum Gasteiger partial charge on any atom is 0.418 e. The first-order valence-electron chi connectivity index (χ1n) is 1.68. The van der Waals surface area contributed by atoms with Gasteiger partial charge in [0.15, 0.2) is 0 Å². The van der Waals surface area contributed by atoms with Gasteiger partial charge in [-0.3, -0.25) is 9.96 Å². The largest absolute Gasteiger partial charge is 0.418 e.